The molecule has 0 saturated carbocycles. The van der Waals surface area contributed by atoms with Gasteiger partial charge in [0.15, 0.2) is 0 Å². The number of aliphatic carboxylic acids is 1. The Labute approximate surface area is 93.8 Å². The third-order valence-electron chi connectivity index (χ3n) is 2.72. The second-order valence-electron chi connectivity index (χ2n) is 3.94. The maximum atomic E-state index is 10.4. The minimum Gasteiger partial charge on any atom is -0.481 e. The van der Waals surface area contributed by atoms with Crippen molar-refractivity contribution in [3.8, 4) is 0 Å². The molecule has 0 amide bonds. The van der Waals surface area contributed by atoms with Crippen LogP contribution in [0.3, 0.4) is 0 Å². The van der Waals surface area contributed by atoms with E-state index in [2.05, 4.69) is 11.1 Å². The summed E-state index contributed by atoms with van der Waals surface area (Å²) in [6, 6.07) is 6.03. The molecule has 0 aromatic heterocycles. The number of fused-ring (bicyclic) bond motifs is 1. The Bertz CT molecular complexity index is 452. The molecule has 0 saturated heterocycles. The molecule has 0 aliphatic carbocycles. The number of nitrogens with two attached hydrogens (primary N) is 1. The second kappa shape index (κ2) is 4.35. The normalized spacial score (nSPS) is 13.4. The lowest BCUT2D eigenvalue weighted by Crippen LogP contribution is -2.10. The molecule has 0 fully saturated rings. The summed E-state index contributed by atoms with van der Waals surface area (Å²) >= 11 is 0. The Morgan fingerprint density at radius 1 is 1.50 bits per heavy atom. The van der Waals surface area contributed by atoms with Gasteiger partial charge in [-0.15, -0.1) is 0 Å². The van der Waals surface area contributed by atoms with E-state index >= 15 is 0 Å². The van der Waals surface area contributed by atoms with Gasteiger partial charge in [-0.05, 0) is 24.0 Å². The minimum absolute atomic E-state index is 0.218. The highest BCUT2D eigenvalue weighted by Gasteiger charge is 2.12. The van der Waals surface area contributed by atoms with Gasteiger partial charge in [0.25, 0.3) is 0 Å². The van der Waals surface area contributed by atoms with Crippen LogP contribution in [0.5, 0.6) is 0 Å². The van der Waals surface area contributed by atoms with Gasteiger partial charge in [-0.2, -0.15) is 0 Å². The van der Waals surface area contributed by atoms with Gasteiger partial charge in [0.05, 0.1) is 6.54 Å². The standard InChI is InChI=1S/C12H14N2O2/c13-12-10-5-4-8(2-1-3-11(15)16)6-9(10)7-14-12/h4-6H,1-3,7H2,(H2,13,14)(H,15,16). The van der Waals surface area contributed by atoms with Crippen LogP contribution in [0.2, 0.25) is 0 Å². The topological polar surface area (TPSA) is 75.7 Å². The number of aryl methyl sites for hydroxylation is 1. The van der Waals surface area contributed by atoms with Gasteiger partial charge in [-0.3, -0.25) is 9.79 Å². The fraction of sp³-hybridized carbons (Fsp3) is 0.333. The molecule has 1 aromatic rings. The highest BCUT2D eigenvalue weighted by molar-refractivity contribution is 6.00. The number of amidine groups is 1. The van der Waals surface area contributed by atoms with Gasteiger partial charge < -0.3 is 10.8 Å². The molecule has 84 valence electrons. The van der Waals surface area contributed by atoms with Crippen LogP contribution < -0.4 is 5.73 Å². The number of carboxylic acid groups (broad SMARTS) is 1. The number of carbonyl (C=O) groups is 1. The van der Waals surface area contributed by atoms with E-state index in [4.69, 9.17) is 10.8 Å². The van der Waals surface area contributed by atoms with Crippen LogP contribution >= 0.6 is 0 Å². The maximum absolute atomic E-state index is 10.4. The summed E-state index contributed by atoms with van der Waals surface area (Å²) in [6.07, 6.45) is 1.68. The van der Waals surface area contributed by atoms with E-state index in [1.807, 2.05) is 12.1 Å². The Kier molecular flexibility index (Phi) is 2.90. The molecular formula is C12H14N2O2. The smallest absolute Gasteiger partial charge is 0.303 e. The largest absolute Gasteiger partial charge is 0.481 e. The Hall–Kier alpha value is -1.84. The minimum atomic E-state index is -0.742. The quantitative estimate of drug-likeness (QED) is 0.800. The highest BCUT2D eigenvalue weighted by atomic mass is 16.4. The van der Waals surface area contributed by atoms with E-state index in [1.165, 1.54) is 0 Å². The van der Waals surface area contributed by atoms with E-state index in [0.29, 0.717) is 18.8 Å². The summed E-state index contributed by atoms with van der Waals surface area (Å²) in [5, 5.41) is 8.55. The number of hydrogen-bond donors (Lipinski definition) is 2. The molecule has 4 nitrogen and oxygen atoms in total. The molecule has 0 radical (unpaired) electrons. The first-order valence-electron chi connectivity index (χ1n) is 5.30. The van der Waals surface area contributed by atoms with Gasteiger partial charge in [-0.1, -0.05) is 18.2 Å². The van der Waals surface area contributed by atoms with Crippen molar-refractivity contribution in [3.63, 3.8) is 0 Å². The van der Waals surface area contributed by atoms with Crippen LogP contribution in [-0.4, -0.2) is 16.9 Å². The Morgan fingerprint density at radius 2 is 2.31 bits per heavy atom. The van der Waals surface area contributed by atoms with Crippen LogP contribution in [0.15, 0.2) is 23.2 Å². The number of hydrogen-bond acceptors (Lipinski definition) is 3. The molecule has 2 rings (SSSR count). The molecule has 0 spiro atoms. The summed E-state index contributed by atoms with van der Waals surface area (Å²) in [6.45, 7) is 0.647. The van der Waals surface area contributed by atoms with E-state index in [-0.39, 0.29) is 6.42 Å². The van der Waals surface area contributed by atoms with Gasteiger partial charge in [0.1, 0.15) is 5.84 Å². The first kappa shape index (κ1) is 10.7. The average Bonchev–Trinajstić information content (AvgIpc) is 2.60. The molecule has 1 heterocycles. The number of nitrogens with zero attached hydrogens (tertiary/aromatic N) is 1. The molecule has 3 N–H and O–H groups in total. The van der Waals surface area contributed by atoms with Gasteiger partial charge in [0, 0.05) is 12.0 Å². The maximum Gasteiger partial charge on any atom is 0.303 e. The Morgan fingerprint density at radius 3 is 3.06 bits per heavy atom. The molecule has 0 bridgehead atoms. The van der Waals surface area contributed by atoms with Crippen LogP contribution in [0, 0.1) is 0 Å². The van der Waals surface area contributed by atoms with Gasteiger partial charge in [0.2, 0.25) is 0 Å². The summed E-state index contributed by atoms with van der Waals surface area (Å²) in [4.78, 5) is 14.5. The van der Waals surface area contributed by atoms with E-state index in [1.54, 1.807) is 0 Å². The van der Waals surface area contributed by atoms with Gasteiger partial charge >= 0.3 is 5.97 Å². The Balaban J connectivity index is 2.01. The molecule has 4 heteroatoms. The third-order valence-corrected chi connectivity index (χ3v) is 2.72. The average molecular weight is 218 g/mol. The number of benzene rings is 1. The lowest BCUT2D eigenvalue weighted by molar-refractivity contribution is -0.137. The summed E-state index contributed by atoms with van der Waals surface area (Å²) in [5.41, 5.74) is 9.03. The highest BCUT2D eigenvalue weighted by Crippen LogP contribution is 2.19. The molecular weight excluding hydrogens is 204 g/mol. The van der Waals surface area contributed by atoms with Crippen LogP contribution in [0.4, 0.5) is 0 Å². The van der Waals surface area contributed by atoms with Crippen molar-refractivity contribution in [1.29, 1.82) is 0 Å². The van der Waals surface area contributed by atoms with Crippen LogP contribution in [-0.2, 0) is 17.8 Å². The summed E-state index contributed by atoms with van der Waals surface area (Å²) < 4.78 is 0. The summed E-state index contributed by atoms with van der Waals surface area (Å²) in [7, 11) is 0. The second-order valence-corrected chi connectivity index (χ2v) is 3.94. The SMILES string of the molecule is NC1=NCc2cc(CCCC(=O)O)ccc21. The lowest BCUT2D eigenvalue weighted by atomic mass is 10.0. The third kappa shape index (κ3) is 2.21. The van der Waals surface area contributed by atoms with Crippen molar-refractivity contribution in [1.82, 2.24) is 0 Å². The van der Waals surface area contributed by atoms with Crippen molar-refractivity contribution < 1.29 is 9.90 Å². The summed E-state index contributed by atoms with van der Waals surface area (Å²) in [5.74, 6) is -0.138. The van der Waals surface area contributed by atoms with Crippen molar-refractivity contribution in [3.05, 3.63) is 34.9 Å². The molecule has 0 unspecified atom stereocenters. The zero-order valence-electron chi connectivity index (χ0n) is 8.94. The van der Waals surface area contributed by atoms with Gasteiger partial charge in [-0.25, -0.2) is 0 Å². The van der Waals surface area contributed by atoms with E-state index < -0.39 is 5.97 Å². The van der Waals surface area contributed by atoms with E-state index in [9.17, 15) is 4.79 Å². The molecule has 1 aromatic carbocycles. The molecule has 1 aliphatic heterocycles. The first-order chi connectivity index (χ1) is 7.66. The van der Waals surface area contributed by atoms with Crippen molar-refractivity contribution >= 4 is 11.8 Å². The van der Waals surface area contributed by atoms with Crippen LogP contribution in [0.25, 0.3) is 0 Å². The fourth-order valence-electron chi connectivity index (χ4n) is 1.88. The lowest BCUT2D eigenvalue weighted by Gasteiger charge is -2.04. The van der Waals surface area contributed by atoms with Crippen molar-refractivity contribution in [2.75, 3.05) is 0 Å². The predicted molar refractivity (Wildman–Crippen MR) is 61.4 cm³/mol. The number of carboxylic acids is 1. The number of rotatable bonds is 4. The monoisotopic (exact) mass is 218 g/mol. The first-order valence-corrected chi connectivity index (χ1v) is 5.30. The molecule has 1 aliphatic rings. The van der Waals surface area contributed by atoms with Crippen molar-refractivity contribution in [2.45, 2.75) is 25.8 Å². The molecule has 16 heavy (non-hydrogen) atoms. The molecule has 0 atom stereocenters. The fourth-order valence-corrected chi connectivity index (χ4v) is 1.88. The predicted octanol–water partition coefficient (Wildman–Crippen LogP) is 1.31. The van der Waals surface area contributed by atoms with Crippen molar-refractivity contribution in [2.24, 2.45) is 10.7 Å². The number of aliphatic imine (C=N–C) groups is 1. The van der Waals surface area contributed by atoms with E-state index in [0.717, 1.165) is 23.1 Å². The zero-order chi connectivity index (χ0) is 11.5. The van der Waals surface area contributed by atoms with Crippen LogP contribution in [0.1, 0.15) is 29.5 Å². The zero-order valence-corrected chi connectivity index (χ0v) is 8.94.